The van der Waals surface area contributed by atoms with Crippen molar-refractivity contribution >= 4 is 35.5 Å². The minimum Gasteiger partial charge on any atom is -0.465 e. The molecule has 0 unspecified atom stereocenters. The Hall–Kier alpha value is -3.63. The number of carbonyl (C=O) groups is 3. The molecule has 1 aliphatic rings. The molecule has 1 aromatic carbocycles. The SMILES string of the molecule is COC(=O)c1cc(-c2ccc(C=C3C(=O)NC(=O)C(C#N)=C3C)o2)ccc1Cl. The van der Waals surface area contributed by atoms with Gasteiger partial charge in [-0.15, -0.1) is 0 Å². The first-order chi connectivity index (χ1) is 13.3. The second kappa shape index (κ2) is 7.55. The average molecular weight is 397 g/mol. The van der Waals surface area contributed by atoms with Gasteiger partial charge >= 0.3 is 5.97 Å². The maximum atomic E-state index is 12.1. The summed E-state index contributed by atoms with van der Waals surface area (Å²) >= 11 is 6.02. The zero-order valence-corrected chi connectivity index (χ0v) is 15.6. The first-order valence-electron chi connectivity index (χ1n) is 8.02. The summed E-state index contributed by atoms with van der Waals surface area (Å²) in [5.41, 5.74) is 1.08. The predicted octanol–water partition coefficient (Wildman–Crippen LogP) is 3.27. The molecule has 0 bridgehead atoms. The van der Waals surface area contributed by atoms with E-state index in [0.29, 0.717) is 17.1 Å². The summed E-state index contributed by atoms with van der Waals surface area (Å²) in [6.07, 6.45) is 1.44. The Bertz CT molecular complexity index is 1120. The average Bonchev–Trinajstić information content (AvgIpc) is 3.14. The van der Waals surface area contributed by atoms with E-state index in [1.807, 2.05) is 0 Å². The molecule has 0 fully saturated rings. The van der Waals surface area contributed by atoms with Crippen LogP contribution in [0.3, 0.4) is 0 Å². The number of ether oxygens (including phenoxy) is 1. The molecular weight excluding hydrogens is 384 g/mol. The van der Waals surface area contributed by atoms with Crippen LogP contribution in [-0.4, -0.2) is 24.9 Å². The number of nitrogens with one attached hydrogen (secondary N) is 1. The zero-order valence-electron chi connectivity index (χ0n) is 14.8. The molecule has 8 heteroatoms. The molecule has 0 aliphatic carbocycles. The van der Waals surface area contributed by atoms with E-state index in [1.165, 1.54) is 26.2 Å². The monoisotopic (exact) mass is 396 g/mol. The van der Waals surface area contributed by atoms with E-state index in [0.717, 1.165) is 0 Å². The van der Waals surface area contributed by atoms with Gasteiger partial charge in [-0.25, -0.2) is 4.79 Å². The molecule has 2 aromatic rings. The van der Waals surface area contributed by atoms with E-state index in [1.54, 1.807) is 30.3 Å². The molecule has 2 amide bonds. The van der Waals surface area contributed by atoms with Crippen molar-refractivity contribution in [2.24, 2.45) is 0 Å². The molecular formula is C20H13ClN2O5. The summed E-state index contributed by atoms with van der Waals surface area (Å²) in [5.74, 6) is -1.14. The van der Waals surface area contributed by atoms with Crippen LogP contribution in [0.1, 0.15) is 23.0 Å². The Morgan fingerprint density at radius 2 is 2.00 bits per heavy atom. The molecule has 140 valence electrons. The minimum absolute atomic E-state index is 0.127. The lowest BCUT2D eigenvalue weighted by atomic mass is 9.96. The number of benzene rings is 1. The fraction of sp³-hybridized carbons (Fsp3) is 0.100. The molecule has 2 heterocycles. The Morgan fingerprint density at radius 3 is 2.68 bits per heavy atom. The number of rotatable bonds is 3. The first kappa shape index (κ1) is 19.1. The maximum Gasteiger partial charge on any atom is 0.339 e. The molecule has 1 N–H and O–H groups in total. The predicted molar refractivity (Wildman–Crippen MR) is 99.9 cm³/mol. The van der Waals surface area contributed by atoms with Crippen LogP contribution in [0.2, 0.25) is 5.02 Å². The summed E-state index contributed by atoms with van der Waals surface area (Å²) in [6.45, 7) is 1.52. The van der Waals surface area contributed by atoms with Gasteiger partial charge in [0.25, 0.3) is 11.8 Å². The number of furan rings is 1. The van der Waals surface area contributed by atoms with Crippen LogP contribution in [0.25, 0.3) is 17.4 Å². The summed E-state index contributed by atoms with van der Waals surface area (Å²) < 4.78 is 10.4. The van der Waals surface area contributed by atoms with Gasteiger partial charge in [0.05, 0.1) is 17.7 Å². The van der Waals surface area contributed by atoms with Gasteiger partial charge in [0.15, 0.2) is 0 Å². The number of hydrogen-bond acceptors (Lipinski definition) is 6. The molecule has 3 rings (SSSR count). The Labute approximate surface area is 164 Å². The van der Waals surface area contributed by atoms with Crippen molar-refractivity contribution in [2.45, 2.75) is 6.92 Å². The lowest BCUT2D eigenvalue weighted by molar-refractivity contribution is -0.126. The van der Waals surface area contributed by atoms with Crippen LogP contribution >= 0.6 is 11.6 Å². The third kappa shape index (κ3) is 3.46. The summed E-state index contributed by atoms with van der Waals surface area (Å²) in [6, 6.07) is 9.83. The number of amides is 2. The number of nitriles is 1. The molecule has 0 spiro atoms. The number of nitrogens with zero attached hydrogens (tertiary/aromatic N) is 1. The van der Waals surface area contributed by atoms with Crippen molar-refractivity contribution in [1.82, 2.24) is 5.32 Å². The van der Waals surface area contributed by atoms with Gasteiger partial charge in [-0.2, -0.15) is 5.26 Å². The van der Waals surface area contributed by atoms with Crippen molar-refractivity contribution in [3.05, 3.63) is 63.4 Å². The van der Waals surface area contributed by atoms with Crippen LogP contribution in [0.4, 0.5) is 0 Å². The lowest BCUT2D eigenvalue weighted by Crippen LogP contribution is -2.37. The number of esters is 1. The van der Waals surface area contributed by atoms with Crippen molar-refractivity contribution in [2.75, 3.05) is 7.11 Å². The van der Waals surface area contributed by atoms with Crippen molar-refractivity contribution < 1.29 is 23.5 Å². The van der Waals surface area contributed by atoms with Crippen LogP contribution in [-0.2, 0) is 14.3 Å². The minimum atomic E-state index is -0.723. The normalized spacial score (nSPS) is 15.4. The number of halogens is 1. The first-order valence-corrected chi connectivity index (χ1v) is 8.40. The summed E-state index contributed by atoms with van der Waals surface area (Å²) in [4.78, 5) is 35.6. The molecule has 0 saturated heterocycles. The van der Waals surface area contributed by atoms with Crippen molar-refractivity contribution in [3.8, 4) is 17.4 Å². The molecule has 0 saturated carbocycles. The topological polar surface area (TPSA) is 109 Å². The molecule has 0 radical (unpaired) electrons. The standard InChI is InChI=1S/C20H13ClN2O5/c1-10-13(18(24)23-19(25)15(10)9-22)8-12-4-6-17(28-12)11-3-5-16(21)14(7-11)20(26)27-2/h3-8H,1-2H3,(H,23,24,25). The number of carbonyl (C=O) groups excluding carboxylic acids is 3. The molecule has 0 atom stereocenters. The maximum absolute atomic E-state index is 12.1. The second-order valence-electron chi connectivity index (χ2n) is 5.84. The van der Waals surface area contributed by atoms with Crippen LogP contribution in [0.15, 0.2) is 51.5 Å². The zero-order chi connectivity index (χ0) is 20.4. The van der Waals surface area contributed by atoms with Crippen molar-refractivity contribution in [1.29, 1.82) is 5.26 Å². The number of hydrogen-bond donors (Lipinski definition) is 1. The second-order valence-corrected chi connectivity index (χ2v) is 6.25. The molecule has 1 aliphatic heterocycles. The van der Waals surface area contributed by atoms with E-state index in [2.05, 4.69) is 5.32 Å². The van der Waals surface area contributed by atoms with Crippen LogP contribution < -0.4 is 5.32 Å². The number of methoxy groups -OCH3 is 1. The fourth-order valence-corrected chi connectivity index (χ4v) is 2.88. The van der Waals surface area contributed by atoms with Gasteiger partial charge in [-0.3, -0.25) is 14.9 Å². The van der Waals surface area contributed by atoms with Crippen LogP contribution in [0, 0.1) is 11.3 Å². The smallest absolute Gasteiger partial charge is 0.339 e. The third-order valence-corrected chi connectivity index (χ3v) is 4.49. The van der Waals surface area contributed by atoms with Crippen LogP contribution in [0.5, 0.6) is 0 Å². The largest absolute Gasteiger partial charge is 0.465 e. The van der Waals surface area contributed by atoms with E-state index >= 15 is 0 Å². The van der Waals surface area contributed by atoms with Gasteiger partial charge < -0.3 is 9.15 Å². The van der Waals surface area contributed by atoms with Gasteiger partial charge in [0.1, 0.15) is 23.2 Å². The van der Waals surface area contributed by atoms with E-state index in [9.17, 15) is 14.4 Å². The van der Waals surface area contributed by atoms with E-state index in [-0.39, 0.29) is 27.3 Å². The fourth-order valence-electron chi connectivity index (χ4n) is 2.69. The van der Waals surface area contributed by atoms with Crippen molar-refractivity contribution in [3.63, 3.8) is 0 Å². The highest BCUT2D eigenvalue weighted by Crippen LogP contribution is 2.29. The highest BCUT2D eigenvalue weighted by Gasteiger charge is 2.27. The lowest BCUT2D eigenvalue weighted by Gasteiger charge is -2.15. The summed E-state index contributed by atoms with van der Waals surface area (Å²) in [7, 11) is 1.26. The van der Waals surface area contributed by atoms with Gasteiger partial charge in [0.2, 0.25) is 0 Å². The van der Waals surface area contributed by atoms with E-state index in [4.69, 9.17) is 26.0 Å². The highest BCUT2D eigenvalue weighted by atomic mass is 35.5. The van der Waals surface area contributed by atoms with Gasteiger partial charge in [-0.05, 0) is 48.9 Å². The molecule has 7 nitrogen and oxygen atoms in total. The van der Waals surface area contributed by atoms with Gasteiger partial charge in [0, 0.05) is 11.1 Å². The van der Waals surface area contributed by atoms with E-state index < -0.39 is 17.8 Å². The third-order valence-electron chi connectivity index (χ3n) is 4.16. The summed E-state index contributed by atoms with van der Waals surface area (Å²) in [5, 5.41) is 11.5. The van der Waals surface area contributed by atoms with Gasteiger partial charge in [-0.1, -0.05) is 11.6 Å². The highest BCUT2D eigenvalue weighted by molar-refractivity contribution is 6.33. The number of imide groups is 1. The Kier molecular flexibility index (Phi) is 5.16. The quantitative estimate of drug-likeness (QED) is 0.484. The molecule has 1 aromatic heterocycles. The Morgan fingerprint density at radius 1 is 1.25 bits per heavy atom. The Balaban J connectivity index is 2.00. The molecule has 28 heavy (non-hydrogen) atoms.